The van der Waals surface area contributed by atoms with E-state index in [4.69, 9.17) is 11.6 Å². The van der Waals surface area contributed by atoms with Crippen molar-refractivity contribution in [2.45, 2.75) is 19.0 Å². The fraction of sp³-hybridized carbons (Fsp3) is 0.222. The quantitative estimate of drug-likeness (QED) is 0.941. The molecule has 0 aliphatic carbocycles. The van der Waals surface area contributed by atoms with Crippen LogP contribution in [-0.2, 0) is 17.8 Å². The fourth-order valence-electron chi connectivity index (χ4n) is 2.76. The molecule has 1 atom stereocenters. The summed E-state index contributed by atoms with van der Waals surface area (Å²) < 4.78 is 0. The van der Waals surface area contributed by atoms with E-state index in [9.17, 15) is 9.59 Å². The summed E-state index contributed by atoms with van der Waals surface area (Å²) in [6.07, 6.45) is 0.533. The van der Waals surface area contributed by atoms with Crippen molar-refractivity contribution in [2.24, 2.45) is 0 Å². The maximum Gasteiger partial charge on any atom is 0.254 e. The van der Waals surface area contributed by atoms with Gasteiger partial charge in [-0.2, -0.15) is 0 Å². The second-order valence-corrected chi connectivity index (χ2v) is 6.07. The lowest BCUT2D eigenvalue weighted by Crippen LogP contribution is -2.51. The Morgan fingerprint density at radius 1 is 1.22 bits per heavy atom. The molecule has 1 aliphatic rings. The number of carbonyl (C=O) groups excluding carboxylic acids is 2. The molecule has 0 radical (unpaired) electrons. The van der Waals surface area contributed by atoms with Gasteiger partial charge in [0, 0.05) is 30.6 Å². The summed E-state index contributed by atoms with van der Waals surface area (Å²) in [6.45, 7) is 0.413. The summed E-state index contributed by atoms with van der Waals surface area (Å²) in [4.78, 5) is 26.4. The van der Waals surface area contributed by atoms with Crippen LogP contribution in [0.1, 0.15) is 21.5 Å². The number of hydrogen-bond acceptors (Lipinski definition) is 2. The van der Waals surface area contributed by atoms with Gasteiger partial charge in [-0.15, -0.1) is 0 Å². The maximum atomic E-state index is 12.5. The van der Waals surface area contributed by atoms with Crippen LogP contribution < -0.4 is 5.32 Å². The third-order valence-corrected chi connectivity index (χ3v) is 4.38. The van der Waals surface area contributed by atoms with Crippen LogP contribution in [0, 0.1) is 0 Å². The molecular formula is C18H17ClN2O2. The number of benzene rings is 2. The number of nitrogens with one attached hydrogen (secondary N) is 1. The molecule has 0 spiro atoms. The topological polar surface area (TPSA) is 49.4 Å². The Balaban J connectivity index is 1.70. The second-order valence-electron chi connectivity index (χ2n) is 5.64. The van der Waals surface area contributed by atoms with Crippen molar-refractivity contribution in [3.05, 3.63) is 70.2 Å². The lowest BCUT2D eigenvalue weighted by atomic mass is 9.93. The Labute approximate surface area is 140 Å². The molecule has 1 heterocycles. The number of rotatable bonds is 3. The molecule has 1 unspecified atom stereocenters. The number of halogens is 1. The van der Waals surface area contributed by atoms with Crippen LogP contribution in [0.4, 0.5) is 0 Å². The minimum absolute atomic E-state index is 0.113. The summed E-state index contributed by atoms with van der Waals surface area (Å²) >= 11 is 5.85. The van der Waals surface area contributed by atoms with E-state index in [0.717, 1.165) is 11.1 Å². The number of carbonyl (C=O) groups is 2. The van der Waals surface area contributed by atoms with Crippen molar-refractivity contribution >= 4 is 23.4 Å². The molecular weight excluding hydrogens is 312 g/mol. The van der Waals surface area contributed by atoms with E-state index < -0.39 is 6.04 Å². The summed E-state index contributed by atoms with van der Waals surface area (Å²) in [7, 11) is 1.67. The zero-order valence-corrected chi connectivity index (χ0v) is 13.5. The Hall–Kier alpha value is -2.33. The molecule has 0 saturated heterocycles. The van der Waals surface area contributed by atoms with Crippen LogP contribution in [-0.4, -0.2) is 29.8 Å². The molecule has 118 valence electrons. The molecule has 0 aromatic heterocycles. The molecule has 1 aliphatic heterocycles. The van der Waals surface area contributed by atoms with Gasteiger partial charge in [0.05, 0.1) is 0 Å². The first-order chi connectivity index (χ1) is 11.1. The molecule has 0 saturated carbocycles. The number of likely N-dealkylation sites (N-methyl/N-ethyl adjacent to an activating group) is 1. The van der Waals surface area contributed by atoms with Crippen molar-refractivity contribution in [1.29, 1.82) is 0 Å². The first-order valence-electron chi connectivity index (χ1n) is 7.43. The SMILES string of the molecule is CN1C(=O)c2ccccc2CC1C(=O)NCc1ccc(Cl)cc1. The monoisotopic (exact) mass is 328 g/mol. The summed E-state index contributed by atoms with van der Waals surface area (Å²) in [5.41, 5.74) is 2.56. The Morgan fingerprint density at radius 2 is 1.91 bits per heavy atom. The van der Waals surface area contributed by atoms with Gasteiger partial charge < -0.3 is 10.2 Å². The highest BCUT2D eigenvalue weighted by Crippen LogP contribution is 2.22. The van der Waals surface area contributed by atoms with E-state index in [1.54, 1.807) is 25.2 Å². The standard InChI is InChI=1S/C18H17ClN2O2/c1-21-16(10-13-4-2-3-5-15(13)18(21)23)17(22)20-11-12-6-8-14(19)9-7-12/h2-9,16H,10-11H2,1H3,(H,20,22). The molecule has 23 heavy (non-hydrogen) atoms. The first kappa shape index (κ1) is 15.6. The number of amides is 2. The minimum atomic E-state index is -0.482. The second kappa shape index (κ2) is 6.42. The van der Waals surface area contributed by atoms with Crippen LogP contribution >= 0.6 is 11.6 Å². The van der Waals surface area contributed by atoms with Gasteiger partial charge in [-0.3, -0.25) is 9.59 Å². The molecule has 4 nitrogen and oxygen atoms in total. The van der Waals surface area contributed by atoms with Crippen molar-refractivity contribution in [3.63, 3.8) is 0 Å². The predicted octanol–water partition coefficient (Wildman–Crippen LogP) is 2.65. The maximum absolute atomic E-state index is 12.5. The smallest absolute Gasteiger partial charge is 0.254 e. The van der Waals surface area contributed by atoms with Crippen molar-refractivity contribution in [3.8, 4) is 0 Å². The first-order valence-corrected chi connectivity index (χ1v) is 7.81. The van der Waals surface area contributed by atoms with Gasteiger partial charge in [0.15, 0.2) is 0 Å². The third kappa shape index (κ3) is 3.22. The van der Waals surface area contributed by atoms with E-state index in [2.05, 4.69) is 5.32 Å². The molecule has 1 N–H and O–H groups in total. The van der Waals surface area contributed by atoms with Crippen LogP contribution in [0.5, 0.6) is 0 Å². The lowest BCUT2D eigenvalue weighted by molar-refractivity contribution is -0.125. The van der Waals surface area contributed by atoms with E-state index in [1.807, 2.05) is 30.3 Å². The average molecular weight is 329 g/mol. The number of hydrogen-bond donors (Lipinski definition) is 1. The number of fused-ring (bicyclic) bond motifs is 1. The Kier molecular flexibility index (Phi) is 4.35. The third-order valence-electron chi connectivity index (χ3n) is 4.13. The summed E-state index contributed by atoms with van der Waals surface area (Å²) in [6, 6.07) is 14.3. The van der Waals surface area contributed by atoms with E-state index in [-0.39, 0.29) is 11.8 Å². The van der Waals surface area contributed by atoms with Crippen molar-refractivity contribution in [2.75, 3.05) is 7.05 Å². The largest absolute Gasteiger partial charge is 0.350 e. The van der Waals surface area contributed by atoms with Gasteiger partial charge in [0.2, 0.25) is 5.91 Å². The highest BCUT2D eigenvalue weighted by Gasteiger charge is 2.33. The molecule has 0 fully saturated rings. The minimum Gasteiger partial charge on any atom is -0.350 e. The zero-order chi connectivity index (χ0) is 16.4. The van der Waals surface area contributed by atoms with E-state index in [1.165, 1.54) is 4.90 Å². The zero-order valence-electron chi connectivity index (χ0n) is 12.8. The van der Waals surface area contributed by atoms with Crippen LogP contribution in [0.25, 0.3) is 0 Å². The molecule has 2 aromatic rings. The Bertz CT molecular complexity index is 743. The highest BCUT2D eigenvalue weighted by molar-refractivity contribution is 6.30. The van der Waals surface area contributed by atoms with Crippen LogP contribution in [0.2, 0.25) is 5.02 Å². The van der Waals surface area contributed by atoms with Gasteiger partial charge in [0.25, 0.3) is 5.91 Å². The molecule has 2 amide bonds. The van der Waals surface area contributed by atoms with Crippen molar-refractivity contribution < 1.29 is 9.59 Å². The van der Waals surface area contributed by atoms with Gasteiger partial charge in [-0.1, -0.05) is 41.9 Å². The van der Waals surface area contributed by atoms with E-state index >= 15 is 0 Å². The van der Waals surface area contributed by atoms with Gasteiger partial charge in [0.1, 0.15) is 6.04 Å². The van der Waals surface area contributed by atoms with Crippen LogP contribution in [0.3, 0.4) is 0 Å². The molecule has 0 bridgehead atoms. The fourth-order valence-corrected chi connectivity index (χ4v) is 2.89. The van der Waals surface area contributed by atoms with Crippen LogP contribution in [0.15, 0.2) is 48.5 Å². The summed E-state index contributed by atoms with van der Waals surface area (Å²) in [5.74, 6) is -0.260. The Morgan fingerprint density at radius 3 is 2.65 bits per heavy atom. The predicted molar refractivity (Wildman–Crippen MR) is 89.3 cm³/mol. The van der Waals surface area contributed by atoms with Gasteiger partial charge >= 0.3 is 0 Å². The lowest BCUT2D eigenvalue weighted by Gasteiger charge is -2.32. The molecule has 5 heteroatoms. The molecule has 3 rings (SSSR count). The highest BCUT2D eigenvalue weighted by atomic mass is 35.5. The average Bonchev–Trinajstić information content (AvgIpc) is 2.57. The van der Waals surface area contributed by atoms with Gasteiger partial charge in [-0.25, -0.2) is 0 Å². The van der Waals surface area contributed by atoms with Gasteiger partial charge in [-0.05, 0) is 29.3 Å². The normalized spacial score (nSPS) is 16.9. The number of nitrogens with zero attached hydrogens (tertiary/aromatic N) is 1. The molecule has 2 aromatic carbocycles. The van der Waals surface area contributed by atoms with Crippen molar-refractivity contribution in [1.82, 2.24) is 10.2 Å². The van der Waals surface area contributed by atoms with E-state index in [0.29, 0.717) is 23.6 Å². The summed E-state index contributed by atoms with van der Waals surface area (Å²) in [5, 5.41) is 3.56.